The summed E-state index contributed by atoms with van der Waals surface area (Å²) in [5, 5.41) is 8.87. The number of methoxy groups -OCH3 is 1. The zero-order valence-corrected chi connectivity index (χ0v) is 9.15. The van der Waals surface area contributed by atoms with E-state index in [0.717, 1.165) is 6.42 Å². The van der Waals surface area contributed by atoms with E-state index in [1.165, 1.54) is 14.0 Å². The fourth-order valence-electron chi connectivity index (χ4n) is 2.36. The van der Waals surface area contributed by atoms with Crippen LogP contribution in [0.4, 0.5) is 0 Å². The molecule has 0 radical (unpaired) electrons. The van der Waals surface area contributed by atoms with Gasteiger partial charge in [0.2, 0.25) is 5.91 Å². The normalized spacial score (nSPS) is 25.6. The van der Waals surface area contributed by atoms with Crippen LogP contribution in [0.5, 0.6) is 0 Å². The molecule has 1 fully saturated rings. The first-order valence-electron chi connectivity index (χ1n) is 5.01. The number of ether oxygens (including phenoxy) is 1. The van der Waals surface area contributed by atoms with Crippen LogP contribution >= 0.6 is 0 Å². The van der Waals surface area contributed by atoms with Crippen LogP contribution in [0.1, 0.15) is 26.2 Å². The summed E-state index contributed by atoms with van der Waals surface area (Å²) >= 11 is 0. The molecular weight excluding hydrogens is 198 g/mol. The van der Waals surface area contributed by atoms with Gasteiger partial charge in [-0.25, -0.2) is 0 Å². The second kappa shape index (κ2) is 4.61. The lowest BCUT2D eigenvalue weighted by atomic mass is 9.93. The van der Waals surface area contributed by atoms with Crippen molar-refractivity contribution in [3.63, 3.8) is 0 Å². The van der Waals surface area contributed by atoms with Gasteiger partial charge in [0.1, 0.15) is 0 Å². The molecule has 1 saturated heterocycles. The van der Waals surface area contributed by atoms with Crippen LogP contribution in [-0.2, 0) is 14.3 Å². The summed E-state index contributed by atoms with van der Waals surface area (Å²) < 4.78 is 5.05. The Morgan fingerprint density at radius 3 is 2.67 bits per heavy atom. The van der Waals surface area contributed by atoms with Crippen LogP contribution in [-0.4, -0.2) is 47.7 Å². The number of rotatable bonds is 4. The Labute approximate surface area is 89.0 Å². The molecule has 5 heteroatoms. The molecule has 1 aliphatic heterocycles. The standard InChI is InChI=1S/C10H17NO4/c1-8(12)11-5-3-4-10(11,7-15-2)6-9(13)14/h3-7H2,1-2H3,(H,13,14). The van der Waals surface area contributed by atoms with Crippen molar-refractivity contribution in [1.82, 2.24) is 4.90 Å². The highest BCUT2D eigenvalue weighted by Crippen LogP contribution is 2.32. The fraction of sp³-hybridized carbons (Fsp3) is 0.800. The molecule has 1 heterocycles. The maximum absolute atomic E-state index is 11.4. The van der Waals surface area contributed by atoms with Crippen molar-refractivity contribution < 1.29 is 19.4 Å². The second-order valence-electron chi connectivity index (χ2n) is 4.00. The Morgan fingerprint density at radius 2 is 2.20 bits per heavy atom. The van der Waals surface area contributed by atoms with Gasteiger partial charge in [-0.05, 0) is 12.8 Å². The Morgan fingerprint density at radius 1 is 1.53 bits per heavy atom. The maximum Gasteiger partial charge on any atom is 0.305 e. The van der Waals surface area contributed by atoms with E-state index in [1.54, 1.807) is 4.90 Å². The van der Waals surface area contributed by atoms with Gasteiger partial charge in [0.15, 0.2) is 0 Å². The SMILES string of the molecule is COCC1(CC(=O)O)CCCN1C(C)=O. The monoisotopic (exact) mass is 215 g/mol. The highest BCUT2D eigenvalue weighted by Gasteiger charge is 2.44. The topological polar surface area (TPSA) is 66.8 Å². The van der Waals surface area contributed by atoms with Gasteiger partial charge in [0, 0.05) is 20.6 Å². The van der Waals surface area contributed by atoms with Crippen LogP contribution in [0.25, 0.3) is 0 Å². The van der Waals surface area contributed by atoms with Crippen molar-refractivity contribution in [2.75, 3.05) is 20.3 Å². The van der Waals surface area contributed by atoms with Gasteiger partial charge in [-0.3, -0.25) is 9.59 Å². The highest BCUT2D eigenvalue weighted by atomic mass is 16.5. The number of carbonyl (C=O) groups excluding carboxylic acids is 1. The number of aliphatic carboxylic acids is 1. The lowest BCUT2D eigenvalue weighted by Crippen LogP contribution is -2.51. The summed E-state index contributed by atoms with van der Waals surface area (Å²) in [6.07, 6.45) is 1.50. The molecule has 0 spiro atoms. The van der Waals surface area contributed by atoms with E-state index in [1.807, 2.05) is 0 Å². The molecule has 86 valence electrons. The van der Waals surface area contributed by atoms with Gasteiger partial charge in [0.25, 0.3) is 0 Å². The third kappa shape index (κ3) is 2.47. The summed E-state index contributed by atoms with van der Waals surface area (Å²) in [7, 11) is 1.53. The molecule has 1 N–H and O–H groups in total. The maximum atomic E-state index is 11.4. The van der Waals surface area contributed by atoms with Crippen LogP contribution in [0, 0.1) is 0 Å². The van der Waals surface area contributed by atoms with Gasteiger partial charge >= 0.3 is 5.97 Å². The number of carbonyl (C=O) groups is 2. The van der Waals surface area contributed by atoms with Gasteiger partial charge < -0.3 is 14.7 Å². The minimum atomic E-state index is -0.889. The van der Waals surface area contributed by atoms with Crippen molar-refractivity contribution >= 4 is 11.9 Å². The lowest BCUT2D eigenvalue weighted by Gasteiger charge is -2.36. The van der Waals surface area contributed by atoms with Gasteiger partial charge in [-0.2, -0.15) is 0 Å². The number of nitrogens with zero attached hydrogens (tertiary/aromatic N) is 1. The molecule has 1 aliphatic rings. The van der Waals surface area contributed by atoms with E-state index in [2.05, 4.69) is 0 Å². The van der Waals surface area contributed by atoms with E-state index in [0.29, 0.717) is 19.6 Å². The number of likely N-dealkylation sites (tertiary alicyclic amines) is 1. The number of hydrogen-bond donors (Lipinski definition) is 1. The number of hydrogen-bond acceptors (Lipinski definition) is 3. The Balaban J connectivity index is 2.86. The largest absolute Gasteiger partial charge is 0.481 e. The first-order chi connectivity index (χ1) is 7.02. The summed E-state index contributed by atoms with van der Waals surface area (Å²) in [6.45, 7) is 2.39. The molecule has 0 saturated carbocycles. The van der Waals surface area contributed by atoms with Crippen LogP contribution < -0.4 is 0 Å². The smallest absolute Gasteiger partial charge is 0.305 e. The number of amides is 1. The quantitative estimate of drug-likeness (QED) is 0.741. The molecule has 5 nitrogen and oxygen atoms in total. The van der Waals surface area contributed by atoms with E-state index < -0.39 is 11.5 Å². The number of carboxylic acid groups (broad SMARTS) is 1. The molecule has 15 heavy (non-hydrogen) atoms. The first kappa shape index (κ1) is 12.0. The minimum absolute atomic E-state index is 0.0413. The van der Waals surface area contributed by atoms with E-state index in [4.69, 9.17) is 9.84 Å². The van der Waals surface area contributed by atoms with Crippen LogP contribution in [0.2, 0.25) is 0 Å². The predicted molar refractivity (Wildman–Crippen MR) is 53.5 cm³/mol. The minimum Gasteiger partial charge on any atom is -0.481 e. The average Bonchev–Trinajstić information content (AvgIpc) is 2.47. The molecule has 0 aliphatic carbocycles. The van der Waals surface area contributed by atoms with Crippen molar-refractivity contribution in [2.24, 2.45) is 0 Å². The average molecular weight is 215 g/mol. The van der Waals surface area contributed by atoms with Crippen molar-refractivity contribution in [3.8, 4) is 0 Å². The van der Waals surface area contributed by atoms with Crippen LogP contribution in [0.3, 0.4) is 0 Å². The Kier molecular flexibility index (Phi) is 3.68. The van der Waals surface area contributed by atoms with Crippen molar-refractivity contribution in [1.29, 1.82) is 0 Å². The second-order valence-corrected chi connectivity index (χ2v) is 4.00. The molecule has 0 aromatic carbocycles. The molecular formula is C10H17NO4. The van der Waals surface area contributed by atoms with E-state index in [9.17, 15) is 9.59 Å². The molecule has 1 unspecified atom stereocenters. The summed E-state index contributed by atoms with van der Waals surface area (Å²) in [4.78, 5) is 23.8. The van der Waals surface area contributed by atoms with Gasteiger partial charge in [-0.1, -0.05) is 0 Å². The molecule has 1 rings (SSSR count). The zero-order valence-electron chi connectivity index (χ0n) is 9.15. The van der Waals surface area contributed by atoms with Gasteiger partial charge in [0.05, 0.1) is 18.6 Å². The van der Waals surface area contributed by atoms with Crippen molar-refractivity contribution in [3.05, 3.63) is 0 Å². The van der Waals surface area contributed by atoms with E-state index in [-0.39, 0.29) is 12.3 Å². The first-order valence-corrected chi connectivity index (χ1v) is 5.01. The number of carboxylic acids is 1. The molecule has 1 amide bonds. The summed E-state index contributed by atoms with van der Waals surface area (Å²) in [5.41, 5.74) is -0.633. The third-order valence-corrected chi connectivity index (χ3v) is 2.87. The van der Waals surface area contributed by atoms with Crippen LogP contribution in [0.15, 0.2) is 0 Å². The predicted octanol–water partition coefficient (Wildman–Crippen LogP) is 0.489. The lowest BCUT2D eigenvalue weighted by molar-refractivity contribution is -0.145. The zero-order chi connectivity index (χ0) is 11.5. The van der Waals surface area contributed by atoms with E-state index >= 15 is 0 Å². The Bertz CT molecular complexity index is 266. The summed E-state index contributed by atoms with van der Waals surface area (Å²) in [5.74, 6) is -0.967. The summed E-state index contributed by atoms with van der Waals surface area (Å²) in [6, 6.07) is 0. The third-order valence-electron chi connectivity index (χ3n) is 2.87. The highest BCUT2D eigenvalue weighted by molar-refractivity contribution is 5.76. The molecule has 1 atom stereocenters. The molecule has 0 aromatic rings. The Hall–Kier alpha value is -1.10. The fourth-order valence-corrected chi connectivity index (χ4v) is 2.36. The van der Waals surface area contributed by atoms with Gasteiger partial charge in [-0.15, -0.1) is 0 Å². The van der Waals surface area contributed by atoms with Crippen molar-refractivity contribution in [2.45, 2.75) is 31.7 Å². The molecule has 0 bridgehead atoms. The molecule has 0 aromatic heterocycles.